The Labute approximate surface area is 203 Å². The third kappa shape index (κ3) is 9.71. The average Bonchev–Trinajstić information content (AvgIpc) is 3.07. The van der Waals surface area contributed by atoms with E-state index in [0.29, 0.717) is 12.3 Å². The van der Waals surface area contributed by atoms with Gasteiger partial charge in [-0.2, -0.15) is 0 Å². The predicted octanol–water partition coefficient (Wildman–Crippen LogP) is 7.72. The summed E-state index contributed by atoms with van der Waals surface area (Å²) in [5.41, 5.74) is 10.2. The van der Waals surface area contributed by atoms with Crippen molar-refractivity contribution < 1.29 is 25.7 Å². The molecule has 2 aromatic carbocycles. The van der Waals surface area contributed by atoms with Gasteiger partial charge in [0.1, 0.15) is 0 Å². The van der Waals surface area contributed by atoms with Crippen LogP contribution in [0.15, 0.2) is 60.7 Å². The number of hydrogen-bond acceptors (Lipinski definition) is 2. The minimum Gasteiger partial charge on any atom is -0.672 e. The van der Waals surface area contributed by atoms with Crippen molar-refractivity contribution in [2.75, 3.05) is 5.75 Å². The molecule has 172 valence electrons. The molecule has 3 rings (SSSR count). The molecule has 7 heteroatoms. The number of benzene rings is 2. The summed E-state index contributed by atoms with van der Waals surface area (Å²) in [5, 5.41) is 0. The molecule has 4 nitrogen and oxygen atoms in total. The van der Waals surface area contributed by atoms with Crippen molar-refractivity contribution in [1.29, 1.82) is 0 Å². The minimum atomic E-state index is -3.59. The van der Waals surface area contributed by atoms with Crippen molar-refractivity contribution in [3.8, 4) is 0 Å². The van der Waals surface area contributed by atoms with Crippen LogP contribution in [0, 0.1) is 13.3 Å². The van der Waals surface area contributed by atoms with E-state index in [-0.39, 0.29) is 13.2 Å². The van der Waals surface area contributed by atoms with Gasteiger partial charge in [0.15, 0.2) is 0 Å². The maximum Gasteiger partial charge on any atom is 0.0725 e. The molecule has 0 spiro atoms. The number of nitrogens with one attached hydrogen (secondary N) is 1. The minimum absolute atomic E-state index is 0. The van der Waals surface area contributed by atoms with Gasteiger partial charge in [-0.15, -0.1) is 12.1 Å². The van der Waals surface area contributed by atoms with Gasteiger partial charge in [-0.1, -0.05) is 110 Å². The monoisotopic (exact) mass is 550 g/mol. The topological polar surface area (TPSA) is 72.0 Å². The molecule has 1 aliphatic carbocycles. The van der Waals surface area contributed by atoms with E-state index in [9.17, 15) is 8.42 Å². The second kappa shape index (κ2) is 15.1. The Bertz CT molecular complexity index is 814. The third-order valence-electron chi connectivity index (χ3n) is 5.65. The average molecular weight is 550 g/mol. The Morgan fingerprint density at radius 1 is 0.903 bits per heavy atom. The summed E-state index contributed by atoms with van der Waals surface area (Å²) < 4.78 is 29.9. The fourth-order valence-corrected chi connectivity index (χ4v) is 5.33. The first-order chi connectivity index (χ1) is 14.6. The Morgan fingerprint density at radius 2 is 1.39 bits per heavy atom. The molecule has 2 aromatic rings. The molecule has 1 saturated carbocycles. The second-order valence-electron chi connectivity index (χ2n) is 7.78. The van der Waals surface area contributed by atoms with E-state index >= 15 is 0 Å². The molecule has 2 unspecified atom stereocenters. The van der Waals surface area contributed by atoms with Gasteiger partial charge < -0.3 is 17.9 Å². The predicted molar refractivity (Wildman–Crippen MR) is 128 cm³/mol. The molecule has 1 aliphatic rings. The SMILES string of the molecule is [CH3-].[Cl][Ru+3].[NH-]C(c1ccccc1)C([N-]S(=O)(=O)CCC1CCCCCC1)c1ccccc1. The van der Waals surface area contributed by atoms with E-state index in [0.717, 1.165) is 24.0 Å². The number of sulfonamides is 1. The van der Waals surface area contributed by atoms with Crippen molar-refractivity contribution in [1.82, 2.24) is 0 Å². The summed E-state index contributed by atoms with van der Waals surface area (Å²) in [6.45, 7) is 0. The second-order valence-corrected chi connectivity index (χ2v) is 9.56. The number of nitrogens with zero attached hydrogens (tertiary/aromatic N) is 1. The van der Waals surface area contributed by atoms with Crippen LogP contribution >= 0.6 is 9.69 Å². The Morgan fingerprint density at radius 3 is 1.90 bits per heavy atom. The quantitative estimate of drug-likeness (QED) is 0.192. The van der Waals surface area contributed by atoms with Crippen molar-refractivity contribution in [2.24, 2.45) is 5.92 Å². The van der Waals surface area contributed by atoms with Crippen LogP contribution < -0.4 is 0 Å². The first-order valence-electron chi connectivity index (χ1n) is 10.4. The Hall–Kier alpha value is -0.777. The number of halogens is 1. The van der Waals surface area contributed by atoms with Gasteiger partial charge in [0.25, 0.3) is 0 Å². The molecule has 0 saturated heterocycles. The molecule has 1 fully saturated rings. The molecule has 0 aliphatic heterocycles. The fourth-order valence-electron chi connectivity index (χ4n) is 4.00. The van der Waals surface area contributed by atoms with E-state index < -0.39 is 22.1 Å². The van der Waals surface area contributed by atoms with Crippen LogP contribution in [0.5, 0.6) is 0 Å². The van der Waals surface area contributed by atoms with Gasteiger partial charge in [-0.05, 0) is 12.3 Å². The van der Waals surface area contributed by atoms with Gasteiger partial charge in [-0.25, -0.2) is 8.42 Å². The molecule has 0 radical (unpaired) electrons. The zero-order valence-corrected chi connectivity index (χ0v) is 21.4. The maximum atomic E-state index is 12.8. The van der Waals surface area contributed by atoms with E-state index in [2.05, 4.69) is 14.4 Å². The molecular weight excluding hydrogens is 517 g/mol. The van der Waals surface area contributed by atoms with Crippen LogP contribution in [0.2, 0.25) is 0 Å². The molecule has 0 bridgehead atoms. The van der Waals surface area contributed by atoms with Crippen LogP contribution in [0.1, 0.15) is 68.2 Å². The first-order valence-corrected chi connectivity index (χ1v) is 14.3. The van der Waals surface area contributed by atoms with Gasteiger partial charge in [0, 0.05) is 5.75 Å². The summed E-state index contributed by atoms with van der Waals surface area (Å²) in [6.07, 6.45) is 7.88. The molecule has 0 amide bonds. The summed E-state index contributed by atoms with van der Waals surface area (Å²) in [5.74, 6) is 0.575. The fraction of sp³-hybridized carbons (Fsp3) is 0.458. The molecule has 0 aromatic heterocycles. The zero-order chi connectivity index (χ0) is 21.8. The Kier molecular flexibility index (Phi) is 13.8. The van der Waals surface area contributed by atoms with Crippen LogP contribution in [0.4, 0.5) is 0 Å². The maximum absolute atomic E-state index is 12.8. The van der Waals surface area contributed by atoms with E-state index in [1.165, 1.54) is 25.7 Å². The number of hydrogen-bond donors (Lipinski definition) is 0. The smallest absolute Gasteiger partial charge is 0.0725 e. The van der Waals surface area contributed by atoms with Crippen molar-refractivity contribution in [3.05, 3.63) is 89.7 Å². The summed E-state index contributed by atoms with van der Waals surface area (Å²) in [7, 11) is 0.981. The molecule has 31 heavy (non-hydrogen) atoms. The van der Waals surface area contributed by atoms with Crippen LogP contribution in [-0.2, 0) is 27.3 Å². The normalized spacial score (nSPS) is 16.7. The van der Waals surface area contributed by atoms with Crippen molar-refractivity contribution >= 4 is 19.7 Å². The summed E-state index contributed by atoms with van der Waals surface area (Å²) in [6, 6.07) is 17.2. The van der Waals surface area contributed by atoms with Crippen LogP contribution in [-0.4, -0.2) is 14.2 Å². The molecule has 1 N–H and O–H groups in total. The van der Waals surface area contributed by atoms with Gasteiger partial charge in [0.05, 0.1) is 10.0 Å². The molecule has 2 atom stereocenters. The van der Waals surface area contributed by atoms with Crippen molar-refractivity contribution in [3.63, 3.8) is 0 Å². The van der Waals surface area contributed by atoms with Gasteiger partial charge >= 0.3 is 27.0 Å². The number of rotatable bonds is 8. The largest absolute Gasteiger partial charge is 0.672 e. The third-order valence-corrected chi connectivity index (χ3v) is 6.95. The van der Waals surface area contributed by atoms with Gasteiger partial charge in [0.2, 0.25) is 0 Å². The first kappa shape index (κ1) is 28.3. The van der Waals surface area contributed by atoms with E-state index in [1.807, 2.05) is 78.0 Å². The standard InChI is InChI=1S/C23H30N2O2S.CH3.ClH.Ru/c24-22(20-13-7-3-8-14-20)23(21-15-9-4-10-16-21)25-28(26,27)18-17-19-11-5-1-2-6-12-19;;;/h3-4,7-10,13-16,19,22-24H,1-2,5-6,11-12,17-18H2;1H3;1H;/q-2;-1;;+4/p-1. The van der Waals surface area contributed by atoms with Crippen molar-refractivity contribution in [2.45, 2.75) is 57.0 Å². The molecular formula is C24H33ClN2O2RuS. The summed E-state index contributed by atoms with van der Waals surface area (Å²) >= 11 is 1.82. The van der Waals surface area contributed by atoms with Crippen LogP contribution in [0.25, 0.3) is 10.5 Å². The Balaban J connectivity index is 0.00000156. The summed E-state index contributed by atoms with van der Waals surface area (Å²) in [4.78, 5) is 0. The zero-order valence-electron chi connectivity index (χ0n) is 18.1. The molecule has 0 heterocycles. The van der Waals surface area contributed by atoms with E-state index in [1.54, 1.807) is 0 Å². The van der Waals surface area contributed by atoms with E-state index in [4.69, 9.17) is 5.73 Å². The van der Waals surface area contributed by atoms with Gasteiger partial charge in [-0.3, -0.25) is 0 Å². The van der Waals surface area contributed by atoms with Crippen LogP contribution in [0.3, 0.4) is 0 Å².